The number of hydrogen-bond donors (Lipinski definition) is 3. The molecule has 0 amide bonds. The van der Waals surface area contributed by atoms with Crippen molar-refractivity contribution in [3.05, 3.63) is 0 Å². The highest BCUT2D eigenvalue weighted by molar-refractivity contribution is 6.74. The summed E-state index contributed by atoms with van der Waals surface area (Å²) in [4.78, 5) is 11.8. The number of rotatable bonds is 8. The van der Waals surface area contributed by atoms with Crippen molar-refractivity contribution in [3.63, 3.8) is 0 Å². The van der Waals surface area contributed by atoms with Crippen molar-refractivity contribution in [1.29, 1.82) is 0 Å². The predicted octanol–water partition coefficient (Wildman–Crippen LogP) is 3.11. The standard InChI is InChI=1S/C15H35N3Si/c1-12(2)11-16-19(17-13(3)4,18-14(5)6)15-9-7-8-10-15/h12-18H,7-11H2,1-6H3. The van der Waals surface area contributed by atoms with Crippen molar-refractivity contribution >= 4 is 8.56 Å². The second-order valence-electron chi connectivity index (χ2n) is 7.16. The summed E-state index contributed by atoms with van der Waals surface area (Å²) in [5.41, 5.74) is 0.830. The molecule has 3 N–H and O–H groups in total. The quantitative estimate of drug-likeness (QED) is 0.600. The third-order valence-corrected chi connectivity index (χ3v) is 8.42. The summed E-state index contributed by atoms with van der Waals surface area (Å²) < 4.78 is 0. The second-order valence-corrected chi connectivity index (χ2v) is 10.5. The second kappa shape index (κ2) is 7.77. The zero-order chi connectivity index (χ0) is 14.5. The summed E-state index contributed by atoms with van der Waals surface area (Å²) in [6, 6.07) is 1.08. The van der Waals surface area contributed by atoms with Crippen LogP contribution in [0.5, 0.6) is 0 Å². The molecular weight excluding hydrogens is 250 g/mol. The Bertz CT molecular complexity index is 238. The third kappa shape index (κ3) is 5.54. The smallest absolute Gasteiger partial charge is 0.284 e. The average Bonchev–Trinajstić information content (AvgIpc) is 2.77. The van der Waals surface area contributed by atoms with Crippen LogP contribution in [0.15, 0.2) is 0 Å². The largest absolute Gasteiger partial charge is 0.313 e. The van der Waals surface area contributed by atoms with Gasteiger partial charge in [0.15, 0.2) is 0 Å². The minimum absolute atomic E-state index is 0.540. The maximum absolute atomic E-state index is 3.95. The van der Waals surface area contributed by atoms with E-state index < -0.39 is 8.56 Å². The van der Waals surface area contributed by atoms with E-state index in [0.29, 0.717) is 18.0 Å². The molecule has 0 aliphatic heterocycles. The maximum Gasteiger partial charge on any atom is 0.284 e. The highest BCUT2D eigenvalue weighted by Gasteiger charge is 2.44. The Labute approximate surface area is 121 Å². The van der Waals surface area contributed by atoms with Gasteiger partial charge in [-0.25, -0.2) is 0 Å². The van der Waals surface area contributed by atoms with Gasteiger partial charge in [-0.15, -0.1) is 0 Å². The molecule has 0 unspecified atom stereocenters. The van der Waals surface area contributed by atoms with E-state index in [1.54, 1.807) is 0 Å². The fraction of sp³-hybridized carbons (Fsp3) is 1.00. The van der Waals surface area contributed by atoms with E-state index in [9.17, 15) is 0 Å². The van der Waals surface area contributed by atoms with E-state index in [2.05, 4.69) is 56.5 Å². The Morgan fingerprint density at radius 3 is 1.74 bits per heavy atom. The van der Waals surface area contributed by atoms with Crippen molar-refractivity contribution < 1.29 is 0 Å². The third-order valence-electron chi connectivity index (χ3n) is 3.79. The number of hydrogen-bond acceptors (Lipinski definition) is 3. The van der Waals surface area contributed by atoms with E-state index in [0.717, 1.165) is 12.1 Å². The highest BCUT2D eigenvalue weighted by Crippen LogP contribution is 2.35. The van der Waals surface area contributed by atoms with Crippen LogP contribution < -0.4 is 14.9 Å². The molecule has 0 aromatic rings. The Hall–Kier alpha value is 0.0969. The van der Waals surface area contributed by atoms with Crippen molar-refractivity contribution in [2.75, 3.05) is 6.54 Å². The molecule has 0 aromatic carbocycles. The topological polar surface area (TPSA) is 36.1 Å². The molecule has 1 saturated carbocycles. The van der Waals surface area contributed by atoms with Gasteiger partial charge in [0.2, 0.25) is 0 Å². The summed E-state index contributed by atoms with van der Waals surface area (Å²) in [6.45, 7) is 14.8. The van der Waals surface area contributed by atoms with Gasteiger partial charge in [0, 0.05) is 0 Å². The molecule has 1 fully saturated rings. The average molecular weight is 286 g/mol. The molecule has 1 aliphatic carbocycles. The van der Waals surface area contributed by atoms with Crippen LogP contribution in [-0.4, -0.2) is 27.2 Å². The molecule has 0 atom stereocenters. The molecule has 1 aliphatic rings. The lowest BCUT2D eigenvalue weighted by Crippen LogP contribution is -2.77. The van der Waals surface area contributed by atoms with Gasteiger partial charge in [-0.2, -0.15) is 0 Å². The molecule has 0 spiro atoms. The van der Waals surface area contributed by atoms with Gasteiger partial charge >= 0.3 is 0 Å². The Balaban J connectivity index is 2.85. The minimum atomic E-state index is -1.80. The van der Waals surface area contributed by atoms with E-state index in [4.69, 9.17) is 0 Å². The molecule has 3 nitrogen and oxygen atoms in total. The zero-order valence-electron chi connectivity index (χ0n) is 13.8. The molecule has 4 heteroatoms. The molecule has 0 radical (unpaired) electrons. The SMILES string of the molecule is CC(C)CN[Si](NC(C)C)(NC(C)C)C1CCCC1. The Kier molecular flexibility index (Phi) is 7.01. The normalized spacial score (nSPS) is 18.2. The van der Waals surface area contributed by atoms with E-state index in [1.165, 1.54) is 25.7 Å². The molecule has 19 heavy (non-hydrogen) atoms. The molecule has 1 rings (SSSR count). The van der Waals surface area contributed by atoms with Crippen molar-refractivity contribution in [2.45, 2.75) is 84.9 Å². The summed E-state index contributed by atoms with van der Waals surface area (Å²) in [5.74, 6) is 0.705. The predicted molar refractivity (Wildman–Crippen MR) is 87.4 cm³/mol. The first-order valence-corrected chi connectivity index (χ1v) is 10.2. The van der Waals surface area contributed by atoms with Crippen LogP contribution in [-0.2, 0) is 0 Å². The lowest BCUT2D eigenvalue weighted by atomic mass is 10.2. The van der Waals surface area contributed by atoms with Gasteiger partial charge in [0.1, 0.15) is 0 Å². The molecule has 0 bridgehead atoms. The first-order valence-electron chi connectivity index (χ1n) is 8.16. The van der Waals surface area contributed by atoms with Crippen LogP contribution >= 0.6 is 0 Å². The Morgan fingerprint density at radius 1 is 0.895 bits per heavy atom. The minimum Gasteiger partial charge on any atom is -0.313 e. The van der Waals surface area contributed by atoms with E-state index >= 15 is 0 Å². The summed E-state index contributed by atoms with van der Waals surface area (Å²) >= 11 is 0. The van der Waals surface area contributed by atoms with Crippen LogP contribution in [0.1, 0.15) is 67.2 Å². The number of nitrogens with one attached hydrogen (secondary N) is 3. The molecule has 0 aromatic heterocycles. The van der Waals surface area contributed by atoms with Gasteiger partial charge in [-0.1, -0.05) is 54.4 Å². The van der Waals surface area contributed by atoms with Gasteiger partial charge in [0.25, 0.3) is 8.56 Å². The molecular formula is C15H35N3Si. The fourth-order valence-electron chi connectivity index (χ4n) is 3.16. The maximum atomic E-state index is 3.95. The lowest BCUT2D eigenvalue weighted by Gasteiger charge is -2.42. The van der Waals surface area contributed by atoms with Crippen LogP contribution in [0, 0.1) is 5.92 Å². The zero-order valence-corrected chi connectivity index (χ0v) is 14.8. The van der Waals surface area contributed by atoms with E-state index in [1.807, 2.05) is 0 Å². The van der Waals surface area contributed by atoms with Crippen LogP contribution in [0.3, 0.4) is 0 Å². The van der Waals surface area contributed by atoms with Crippen molar-refractivity contribution in [2.24, 2.45) is 5.92 Å². The first-order chi connectivity index (χ1) is 8.85. The van der Waals surface area contributed by atoms with Gasteiger partial charge in [0.05, 0.1) is 0 Å². The molecule has 0 heterocycles. The lowest BCUT2D eigenvalue weighted by molar-refractivity contribution is 0.549. The van der Waals surface area contributed by atoms with Gasteiger partial charge < -0.3 is 14.9 Å². The van der Waals surface area contributed by atoms with E-state index in [-0.39, 0.29) is 0 Å². The summed E-state index contributed by atoms with van der Waals surface area (Å²) in [6.07, 6.45) is 5.58. The van der Waals surface area contributed by atoms with Crippen LogP contribution in [0.2, 0.25) is 5.54 Å². The highest BCUT2D eigenvalue weighted by atomic mass is 28.4. The summed E-state index contributed by atoms with van der Waals surface area (Å²) in [7, 11) is -1.80. The monoisotopic (exact) mass is 285 g/mol. The first kappa shape index (κ1) is 17.1. The molecule has 114 valence electrons. The molecule has 0 saturated heterocycles. The summed E-state index contributed by atoms with van der Waals surface area (Å²) in [5, 5.41) is 0. The van der Waals surface area contributed by atoms with Gasteiger partial charge in [-0.05, 0) is 42.9 Å². The van der Waals surface area contributed by atoms with Crippen molar-refractivity contribution in [3.8, 4) is 0 Å². The Morgan fingerprint density at radius 2 is 1.37 bits per heavy atom. The van der Waals surface area contributed by atoms with Crippen LogP contribution in [0.4, 0.5) is 0 Å². The fourth-order valence-corrected chi connectivity index (χ4v) is 8.03. The van der Waals surface area contributed by atoms with Gasteiger partial charge in [-0.3, -0.25) is 0 Å². The van der Waals surface area contributed by atoms with Crippen molar-refractivity contribution in [1.82, 2.24) is 14.9 Å². The van der Waals surface area contributed by atoms with Crippen LogP contribution in [0.25, 0.3) is 0 Å².